The predicted octanol–water partition coefficient (Wildman–Crippen LogP) is 2.74. The maximum Gasteiger partial charge on any atom is 0.313 e. The number of carbonyl (C=O) groups is 2. The van der Waals surface area contributed by atoms with Crippen molar-refractivity contribution in [1.82, 2.24) is 4.98 Å². The van der Waals surface area contributed by atoms with E-state index in [4.69, 9.17) is 0 Å². The fourth-order valence-corrected chi connectivity index (χ4v) is 1.94. The van der Waals surface area contributed by atoms with Crippen molar-refractivity contribution in [2.45, 2.75) is 6.42 Å². The number of esters is 1. The zero-order valence-corrected chi connectivity index (χ0v) is 11.2. The number of halogens is 1. The molecule has 0 N–H and O–H groups in total. The topological polar surface area (TPSA) is 56.3 Å². The van der Waals surface area contributed by atoms with Crippen LogP contribution in [0.5, 0.6) is 0 Å². The molecule has 0 atom stereocenters. The van der Waals surface area contributed by atoms with E-state index in [0.717, 1.165) is 15.4 Å². The van der Waals surface area contributed by atoms with Gasteiger partial charge in [0.1, 0.15) is 6.42 Å². The number of benzene rings is 1. The molecule has 0 unspecified atom stereocenters. The normalized spacial score (nSPS) is 10.3. The third kappa shape index (κ3) is 2.73. The monoisotopic (exact) mass is 307 g/mol. The summed E-state index contributed by atoms with van der Waals surface area (Å²) in [4.78, 5) is 27.0. The number of aromatic nitrogens is 1. The van der Waals surface area contributed by atoms with Crippen LogP contribution in [-0.2, 0) is 9.53 Å². The SMILES string of the molecule is COC(=O)CC(=O)c1cnc2ccc(Br)cc2c1. The average molecular weight is 308 g/mol. The van der Waals surface area contributed by atoms with E-state index in [1.165, 1.54) is 13.3 Å². The Balaban J connectivity index is 2.34. The highest BCUT2D eigenvalue weighted by atomic mass is 79.9. The molecule has 0 fully saturated rings. The van der Waals surface area contributed by atoms with Gasteiger partial charge in [-0.25, -0.2) is 0 Å². The fourth-order valence-electron chi connectivity index (χ4n) is 1.56. The van der Waals surface area contributed by atoms with Crippen molar-refractivity contribution in [2.24, 2.45) is 0 Å². The highest BCUT2D eigenvalue weighted by Gasteiger charge is 2.12. The van der Waals surface area contributed by atoms with Crippen LogP contribution in [0.2, 0.25) is 0 Å². The fraction of sp³-hybridized carbons (Fsp3) is 0.154. The van der Waals surface area contributed by atoms with Crippen LogP contribution in [0.4, 0.5) is 0 Å². The van der Waals surface area contributed by atoms with E-state index in [1.54, 1.807) is 6.07 Å². The molecule has 1 aromatic carbocycles. The van der Waals surface area contributed by atoms with Crippen molar-refractivity contribution in [3.63, 3.8) is 0 Å². The minimum Gasteiger partial charge on any atom is -0.469 e. The van der Waals surface area contributed by atoms with Gasteiger partial charge in [-0.1, -0.05) is 15.9 Å². The number of rotatable bonds is 3. The lowest BCUT2D eigenvalue weighted by Gasteiger charge is -2.02. The number of ketones is 1. The Kier molecular flexibility index (Phi) is 3.72. The van der Waals surface area contributed by atoms with E-state index in [1.807, 2.05) is 18.2 Å². The molecule has 0 saturated heterocycles. The zero-order chi connectivity index (χ0) is 13.1. The Labute approximate surface area is 112 Å². The Hall–Kier alpha value is -1.75. The summed E-state index contributed by atoms with van der Waals surface area (Å²) in [6, 6.07) is 7.33. The molecule has 92 valence electrons. The summed E-state index contributed by atoms with van der Waals surface area (Å²) >= 11 is 3.36. The molecular weight excluding hydrogens is 298 g/mol. The Morgan fingerprint density at radius 2 is 2.11 bits per heavy atom. The lowest BCUT2D eigenvalue weighted by Crippen LogP contribution is -2.09. The van der Waals surface area contributed by atoms with E-state index in [-0.39, 0.29) is 12.2 Å². The van der Waals surface area contributed by atoms with Crippen molar-refractivity contribution >= 4 is 38.6 Å². The van der Waals surface area contributed by atoms with Gasteiger partial charge < -0.3 is 4.74 Å². The largest absolute Gasteiger partial charge is 0.469 e. The molecule has 0 amide bonds. The van der Waals surface area contributed by atoms with E-state index in [9.17, 15) is 9.59 Å². The van der Waals surface area contributed by atoms with Crippen molar-refractivity contribution in [1.29, 1.82) is 0 Å². The standard InChI is InChI=1S/C13H10BrNO3/c1-18-13(17)6-12(16)9-4-8-5-10(14)2-3-11(8)15-7-9/h2-5,7H,6H2,1H3. The number of hydrogen-bond acceptors (Lipinski definition) is 4. The van der Waals surface area contributed by atoms with E-state index < -0.39 is 5.97 Å². The number of Topliss-reactive ketones (excluding diaryl/α,β-unsaturated/α-hetero) is 1. The van der Waals surface area contributed by atoms with Gasteiger partial charge in [0, 0.05) is 21.6 Å². The van der Waals surface area contributed by atoms with Crippen LogP contribution in [0.1, 0.15) is 16.8 Å². The van der Waals surface area contributed by atoms with Crippen LogP contribution in [0.25, 0.3) is 10.9 Å². The molecule has 0 spiro atoms. The molecule has 1 aromatic heterocycles. The maximum absolute atomic E-state index is 11.8. The van der Waals surface area contributed by atoms with Crippen molar-refractivity contribution in [2.75, 3.05) is 7.11 Å². The van der Waals surface area contributed by atoms with Crippen molar-refractivity contribution in [3.8, 4) is 0 Å². The van der Waals surface area contributed by atoms with Gasteiger partial charge in [-0.2, -0.15) is 0 Å². The first-order chi connectivity index (χ1) is 8.60. The summed E-state index contributed by atoms with van der Waals surface area (Å²) in [5, 5.41) is 0.847. The second kappa shape index (κ2) is 5.27. The summed E-state index contributed by atoms with van der Waals surface area (Å²) in [5.74, 6) is -0.842. The smallest absolute Gasteiger partial charge is 0.313 e. The Morgan fingerprint density at radius 1 is 1.33 bits per heavy atom. The van der Waals surface area contributed by atoms with Gasteiger partial charge in [-0.05, 0) is 24.3 Å². The molecule has 0 aliphatic rings. The summed E-state index contributed by atoms with van der Waals surface area (Å²) in [5.41, 5.74) is 1.21. The number of nitrogens with zero attached hydrogens (tertiary/aromatic N) is 1. The van der Waals surface area contributed by atoms with Gasteiger partial charge in [-0.15, -0.1) is 0 Å². The molecule has 0 bridgehead atoms. The first kappa shape index (κ1) is 12.7. The molecule has 2 aromatic rings. The first-order valence-corrected chi connectivity index (χ1v) is 6.05. The predicted molar refractivity (Wildman–Crippen MR) is 70.4 cm³/mol. The van der Waals surface area contributed by atoms with E-state index in [2.05, 4.69) is 25.7 Å². The lowest BCUT2D eigenvalue weighted by atomic mass is 10.1. The maximum atomic E-state index is 11.8. The first-order valence-electron chi connectivity index (χ1n) is 5.25. The van der Waals surface area contributed by atoms with Crippen LogP contribution in [-0.4, -0.2) is 23.8 Å². The van der Waals surface area contributed by atoms with Gasteiger partial charge in [0.2, 0.25) is 0 Å². The summed E-state index contributed by atoms with van der Waals surface area (Å²) in [7, 11) is 1.26. The van der Waals surface area contributed by atoms with E-state index >= 15 is 0 Å². The second-order valence-electron chi connectivity index (χ2n) is 3.74. The molecule has 5 heteroatoms. The number of carbonyl (C=O) groups excluding carboxylic acids is 2. The lowest BCUT2D eigenvalue weighted by molar-refractivity contribution is -0.139. The number of ether oxygens (including phenoxy) is 1. The average Bonchev–Trinajstić information content (AvgIpc) is 2.37. The molecule has 0 saturated carbocycles. The Morgan fingerprint density at radius 3 is 2.83 bits per heavy atom. The highest BCUT2D eigenvalue weighted by molar-refractivity contribution is 9.10. The molecule has 4 nitrogen and oxygen atoms in total. The van der Waals surface area contributed by atoms with Crippen LogP contribution < -0.4 is 0 Å². The molecule has 18 heavy (non-hydrogen) atoms. The zero-order valence-electron chi connectivity index (χ0n) is 9.64. The molecular formula is C13H10BrNO3. The number of pyridine rings is 1. The molecule has 0 aliphatic carbocycles. The van der Waals surface area contributed by atoms with Crippen molar-refractivity contribution in [3.05, 3.63) is 40.5 Å². The van der Waals surface area contributed by atoms with Crippen LogP contribution >= 0.6 is 15.9 Å². The van der Waals surface area contributed by atoms with Gasteiger partial charge in [0.05, 0.1) is 12.6 Å². The van der Waals surface area contributed by atoms with Crippen LogP contribution in [0.3, 0.4) is 0 Å². The molecule has 0 radical (unpaired) electrons. The van der Waals surface area contributed by atoms with Gasteiger partial charge in [0.25, 0.3) is 0 Å². The van der Waals surface area contributed by atoms with E-state index in [0.29, 0.717) is 5.56 Å². The number of fused-ring (bicyclic) bond motifs is 1. The van der Waals surface area contributed by atoms with Gasteiger partial charge in [0.15, 0.2) is 5.78 Å². The summed E-state index contributed by atoms with van der Waals surface area (Å²) < 4.78 is 5.37. The van der Waals surface area contributed by atoms with Gasteiger partial charge >= 0.3 is 5.97 Å². The summed E-state index contributed by atoms with van der Waals surface area (Å²) in [6.45, 7) is 0. The molecule has 2 rings (SSSR count). The van der Waals surface area contributed by atoms with Crippen LogP contribution in [0, 0.1) is 0 Å². The minimum absolute atomic E-state index is 0.266. The molecule has 0 aliphatic heterocycles. The Bertz CT molecular complexity index is 625. The highest BCUT2D eigenvalue weighted by Crippen LogP contribution is 2.19. The minimum atomic E-state index is -0.547. The number of methoxy groups -OCH3 is 1. The third-order valence-electron chi connectivity index (χ3n) is 2.50. The van der Waals surface area contributed by atoms with Crippen molar-refractivity contribution < 1.29 is 14.3 Å². The number of hydrogen-bond donors (Lipinski definition) is 0. The quantitative estimate of drug-likeness (QED) is 0.497. The second-order valence-corrected chi connectivity index (χ2v) is 4.65. The van der Waals surface area contributed by atoms with Gasteiger partial charge in [-0.3, -0.25) is 14.6 Å². The van der Waals surface area contributed by atoms with Crippen LogP contribution in [0.15, 0.2) is 34.9 Å². The summed E-state index contributed by atoms with van der Waals surface area (Å²) in [6.07, 6.45) is 1.21. The molecule has 1 heterocycles. The third-order valence-corrected chi connectivity index (χ3v) is 2.99.